The van der Waals surface area contributed by atoms with Crippen LogP contribution in [0.3, 0.4) is 0 Å². The van der Waals surface area contributed by atoms with Crippen LogP contribution in [-0.4, -0.2) is 21.1 Å². The summed E-state index contributed by atoms with van der Waals surface area (Å²) in [5.41, 5.74) is 5.17. The SMILES string of the molecule is CCCc1nc2c(Oc3ccccc3)nc(C)c(C)c2n1CCOCc1ccccc1. The molecule has 5 nitrogen and oxygen atoms in total. The number of rotatable bonds is 9. The highest BCUT2D eigenvalue weighted by atomic mass is 16.5. The second kappa shape index (κ2) is 9.75. The first-order chi connectivity index (χ1) is 15.2. The minimum Gasteiger partial charge on any atom is -0.437 e. The van der Waals surface area contributed by atoms with Crippen molar-refractivity contribution in [2.45, 2.75) is 46.8 Å². The van der Waals surface area contributed by atoms with Crippen molar-refractivity contribution in [2.24, 2.45) is 0 Å². The number of fused-ring (bicyclic) bond motifs is 1. The molecule has 0 saturated carbocycles. The molecule has 0 spiro atoms. The first-order valence-electron chi connectivity index (χ1n) is 10.9. The van der Waals surface area contributed by atoms with Gasteiger partial charge in [0.15, 0.2) is 5.52 Å². The molecule has 0 unspecified atom stereocenters. The van der Waals surface area contributed by atoms with E-state index in [4.69, 9.17) is 19.4 Å². The van der Waals surface area contributed by atoms with E-state index in [0.29, 0.717) is 19.1 Å². The summed E-state index contributed by atoms with van der Waals surface area (Å²) in [4.78, 5) is 9.67. The van der Waals surface area contributed by atoms with E-state index in [0.717, 1.165) is 53.3 Å². The van der Waals surface area contributed by atoms with Crippen molar-refractivity contribution in [3.05, 3.63) is 83.3 Å². The molecule has 0 aliphatic rings. The first kappa shape index (κ1) is 21.1. The van der Waals surface area contributed by atoms with Crippen molar-refractivity contribution in [2.75, 3.05) is 6.61 Å². The van der Waals surface area contributed by atoms with E-state index >= 15 is 0 Å². The number of pyridine rings is 1. The van der Waals surface area contributed by atoms with Gasteiger partial charge in [-0.2, -0.15) is 0 Å². The summed E-state index contributed by atoms with van der Waals surface area (Å²) < 4.78 is 14.4. The molecule has 4 aromatic rings. The van der Waals surface area contributed by atoms with Crippen molar-refractivity contribution in [1.82, 2.24) is 14.5 Å². The second-order valence-corrected chi connectivity index (χ2v) is 7.71. The van der Waals surface area contributed by atoms with Gasteiger partial charge < -0.3 is 14.0 Å². The Morgan fingerprint density at radius 3 is 2.32 bits per heavy atom. The van der Waals surface area contributed by atoms with Crippen molar-refractivity contribution >= 4 is 11.0 Å². The van der Waals surface area contributed by atoms with E-state index in [1.807, 2.05) is 55.5 Å². The van der Waals surface area contributed by atoms with Gasteiger partial charge in [0.25, 0.3) is 0 Å². The zero-order valence-electron chi connectivity index (χ0n) is 18.5. The van der Waals surface area contributed by atoms with Gasteiger partial charge in [0.2, 0.25) is 5.88 Å². The molecule has 0 atom stereocenters. The molecule has 31 heavy (non-hydrogen) atoms. The molecule has 0 N–H and O–H groups in total. The van der Waals surface area contributed by atoms with Gasteiger partial charge in [0.1, 0.15) is 11.6 Å². The number of nitrogens with zero attached hydrogens (tertiary/aromatic N) is 3. The third-order valence-electron chi connectivity index (χ3n) is 5.42. The van der Waals surface area contributed by atoms with Gasteiger partial charge in [-0.1, -0.05) is 55.5 Å². The van der Waals surface area contributed by atoms with Crippen LogP contribution < -0.4 is 4.74 Å². The molecule has 5 heteroatoms. The van der Waals surface area contributed by atoms with Crippen LogP contribution in [0.1, 0.15) is 36.0 Å². The number of ether oxygens (including phenoxy) is 2. The minimum atomic E-state index is 0.561. The van der Waals surface area contributed by atoms with Gasteiger partial charge in [0.05, 0.1) is 18.7 Å². The molecule has 2 aromatic heterocycles. The molecule has 0 fully saturated rings. The molecule has 2 heterocycles. The van der Waals surface area contributed by atoms with Crippen LogP contribution in [0.4, 0.5) is 0 Å². The Balaban J connectivity index is 1.64. The second-order valence-electron chi connectivity index (χ2n) is 7.71. The van der Waals surface area contributed by atoms with E-state index in [1.54, 1.807) is 0 Å². The van der Waals surface area contributed by atoms with Crippen LogP contribution in [-0.2, 0) is 24.3 Å². The van der Waals surface area contributed by atoms with Gasteiger partial charge >= 0.3 is 0 Å². The van der Waals surface area contributed by atoms with Crippen molar-refractivity contribution in [3.63, 3.8) is 0 Å². The summed E-state index contributed by atoms with van der Waals surface area (Å²) in [7, 11) is 0. The van der Waals surface area contributed by atoms with Crippen LogP contribution in [0.25, 0.3) is 11.0 Å². The van der Waals surface area contributed by atoms with Gasteiger partial charge in [0, 0.05) is 18.7 Å². The smallest absolute Gasteiger partial charge is 0.247 e. The van der Waals surface area contributed by atoms with Crippen LogP contribution in [0, 0.1) is 13.8 Å². The third-order valence-corrected chi connectivity index (χ3v) is 5.42. The maximum absolute atomic E-state index is 6.14. The number of benzene rings is 2. The monoisotopic (exact) mass is 415 g/mol. The lowest BCUT2D eigenvalue weighted by molar-refractivity contribution is 0.113. The summed E-state index contributed by atoms with van der Waals surface area (Å²) in [6.45, 7) is 8.28. The molecule has 4 rings (SSSR count). The van der Waals surface area contributed by atoms with Crippen LogP contribution >= 0.6 is 0 Å². The Morgan fingerprint density at radius 1 is 0.903 bits per heavy atom. The minimum absolute atomic E-state index is 0.561. The highest BCUT2D eigenvalue weighted by molar-refractivity contribution is 5.85. The van der Waals surface area contributed by atoms with E-state index in [1.165, 1.54) is 5.56 Å². The lowest BCUT2D eigenvalue weighted by atomic mass is 10.2. The lowest BCUT2D eigenvalue weighted by Crippen LogP contribution is -2.10. The zero-order valence-corrected chi connectivity index (χ0v) is 18.5. The summed E-state index contributed by atoms with van der Waals surface area (Å²) in [5.74, 6) is 2.37. The molecule has 0 amide bonds. The van der Waals surface area contributed by atoms with Gasteiger partial charge in [-0.3, -0.25) is 0 Å². The van der Waals surface area contributed by atoms with Crippen LogP contribution in [0.2, 0.25) is 0 Å². The maximum Gasteiger partial charge on any atom is 0.247 e. The predicted octanol–water partition coefficient (Wildman–Crippen LogP) is 6.01. The fraction of sp³-hybridized carbons (Fsp3) is 0.308. The Labute approximate surface area is 183 Å². The van der Waals surface area contributed by atoms with Crippen molar-refractivity contribution in [1.29, 1.82) is 0 Å². The Hall–Kier alpha value is -3.18. The van der Waals surface area contributed by atoms with E-state index in [2.05, 4.69) is 30.5 Å². The van der Waals surface area contributed by atoms with Crippen molar-refractivity contribution in [3.8, 4) is 11.6 Å². The highest BCUT2D eigenvalue weighted by Crippen LogP contribution is 2.32. The summed E-state index contributed by atoms with van der Waals surface area (Å²) in [5, 5.41) is 0. The summed E-state index contributed by atoms with van der Waals surface area (Å²) in [6.07, 6.45) is 1.92. The number of imidazole rings is 1. The summed E-state index contributed by atoms with van der Waals surface area (Å²) in [6, 6.07) is 20.0. The average molecular weight is 416 g/mol. The molecule has 0 bridgehead atoms. The molecule has 2 aromatic carbocycles. The molecular formula is C26H29N3O2. The number of aryl methyl sites for hydroxylation is 3. The first-order valence-corrected chi connectivity index (χ1v) is 10.9. The fourth-order valence-corrected chi connectivity index (χ4v) is 3.74. The van der Waals surface area contributed by atoms with Gasteiger partial charge in [-0.15, -0.1) is 0 Å². The molecular weight excluding hydrogens is 386 g/mol. The molecule has 0 radical (unpaired) electrons. The molecule has 0 aliphatic carbocycles. The van der Waals surface area contributed by atoms with Crippen LogP contribution in [0.5, 0.6) is 11.6 Å². The maximum atomic E-state index is 6.14. The fourth-order valence-electron chi connectivity index (χ4n) is 3.74. The molecule has 160 valence electrons. The topological polar surface area (TPSA) is 49.2 Å². The van der Waals surface area contributed by atoms with Gasteiger partial charge in [-0.05, 0) is 43.5 Å². The number of hydrogen-bond donors (Lipinski definition) is 0. The van der Waals surface area contributed by atoms with Crippen LogP contribution in [0.15, 0.2) is 60.7 Å². The average Bonchev–Trinajstić information content (AvgIpc) is 3.15. The summed E-state index contributed by atoms with van der Waals surface area (Å²) >= 11 is 0. The number of aromatic nitrogens is 3. The predicted molar refractivity (Wildman–Crippen MR) is 124 cm³/mol. The van der Waals surface area contributed by atoms with E-state index in [9.17, 15) is 0 Å². The standard InChI is InChI=1S/C26H29N3O2/c1-4-11-23-28-24-25(29(23)16-17-30-18-21-12-7-5-8-13-21)19(2)20(3)27-26(24)31-22-14-9-6-10-15-22/h5-10,12-15H,4,11,16-18H2,1-3H3. The third kappa shape index (κ3) is 4.78. The zero-order chi connectivity index (χ0) is 21.6. The number of para-hydroxylation sites is 1. The molecule has 0 aliphatic heterocycles. The quantitative estimate of drug-likeness (QED) is 0.314. The van der Waals surface area contributed by atoms with E-state index in [-0.39, 0.29) is 0 Å². The largest absolute Gasteiger partial charge is 0.437 e. The Kier molecular flexibility index (Phi) is 6.63. The van der Waals surface area contributed by atoms with Crippen molar-refractivity contribution < 1.29 is 9.47 Å². The Morgan fingerprint density at radius 2 is 1.61 bits per heavy atom. The highest BCUT2D eigenvalue weighted by Gasteiger charge is 2.19. The van der Waals surface area contributed by atoms with E-state index < -0.39 is 0 Å². The van der Waals surface area contributed by atoms with Gasteiger partial charge in [-0.25, -0.2) is 9.97 Å². The number of hydrogen-bond acceptors (Lipinski definition) is 4. The molecule has 0 saturated heterocycles. The lowest BCUT2D eigenvalue weighted by Gasteiger charge is -2.13. The normalized spacial score (nSPS) is 11.2. The Bertz CT molecular complexity index is 1140.